The minimum absolute atomic E-state index is 0.0216. The van der Waals surface area contributed by atoms with Gasteiger partial charge in [0.1, 0.15) is 0 Å². The third-order valence-corrected chi connectivity index (χ3v) is 4.27. The molecule has 20 heavy (non-hydrogen) atoms. The number of likely N-dealkylation sites (tertiary alicyclic amines) is 1. The number of hydrogen-bond acceptors (Lipinski definition) is 2. The summed E-state index contributed by atoms with van der Waals surface area (Å²) in [6.45, 7) is 4.30. The zero-order valence-electron chi connectivity index (χ0n) is 11.9. The number of carbonyl (C=O) groups excluding carboxylic acids is 1. The molecule has 1 fully saturated rings. The van der Waals surface area contributed by atoms with Crippen molar-refractivity contribution in [1.29, 1.82) is 0 Å². The van der Waals surface area contributed by atoms with Crippen molar-refractivity contribution in [2.75, 3.05) is 26.2 Å². The molecular formula is C16H23BrN2O. The molecule has 1 aliphatic heterocycles. The van der Waals surface area contributed by atoms with E-state index in [0.29, 0.717) is 0 Å². The summed E-state index contributed by atoms with van der Waals surface area (Å²) in [6.07, 6.45) is 6.42. The average Bonchev–Trinajstić information content (AvgIpc) is 2.73. The van der Waals surface area contributed by atoms with Crippen LogP contribution < -0.4 is 5.32 Å². The van der Waals surface area contributed by atoms with Gasteiger partial charge in [0.2, 0.25) is 0 Å². The van der Waals surface area contributed by atoms with Gasteiger partial charge in [-0.2, -0.15) is 0 Å². The van der Waals surface area contributed by atoms with E-state index in [1.54, 1.807) is 0 Å². The Morgan fingerprint density at radius 1 is 1.10 bits per heavy atom. The summed E-state index contributed by atoms with van der Waals surface area (Å²) in [5.41, 5.74) is 0.725. The van der Waals surface area contributed by atoms with E-state index < -0.39 is 0 Å². The zero-order valence-corrected chi connectivity index (χ0v) is 13.5. The Labute approximate surface area is 129 Å². The molecule has 1 N–H and O–H groups in total. The SMILES string of the molecule is O=C(NCCCN1CCCCCC1)c1ccc(Br)cc1. The maximum absolute atomic E-state index is 11.9. The fourth-order valence-electron chi connectivity index (χ4n) is 2.57. The zero-order chi connectivity index (χ0) is 14.2. The number of amides is 1. The second-order valence-corrected chi connectivity index (χ2v) is 6.29. The van der Waals surface area contributed by atoms with Crippen LogP contribution in [-0.4, -0.2) is 37.0 Å². The first kappa shape index (κ1) is 15.5. The van der Waals surface area contributed by atoms with Crippen LogP contribution >= 0.6 is 15.9 Å². The summed E-state index contributed by atoms with van der Waals surface area (Å²) < 4.78 is 0.996. The Kier molecular flexibility index (Phi) is 6.54. The van der Waals surface area contributed by atoms with Crippen molar-refractivity contribution in [2.45, 2.75) is 32.1 Å². The van der Waals surface area contributed by atoms with Gasteiger partial charge >= 0.3 is 0 Å². The Morgan fingerprint density at radius 3 is 2.40 bits per heavy atom. The molecule has 0 radical (unpaired) electrons. The van der Waals surface area contributed by atoms with Crippen LogP contribution in [0.15, 0.2) is 28.7 Å². The van der Waals surface area contributed by atoms with Crippen molar-refractivity contribution in [2.24, 2.45) is 0 Å². The topological polar surface area (TPSA) is 32.3 Å². The molecule has 1 saturated heterocycles. The van der Waals surface area contributed by atoms with Gasteiger partial charge in [0, 0.05) is 16.6 Å². The van der Waals surface area contributed by atoms with E-state index >= 15 is 0 Å². The lowest BCUT2D eigenvalue weighted by molar-refractivity contribution is 0.0951. The van der Waals surface area contributed by atoms with Gasteiger partial charge in [0.05, 0.1) is 0 Å². The molecule has 0 atom stereocenters. The third-order valence-electron chi connectivity index (χ3n) is 3.74. The van der Waals surface area contributed by atoms with E-state index in [4.69, 9.17) is 0 Å². The summed E-state index contributed by atoms with van der Waals surface area (Å²) >= 11 is 3.37. The third kappa shape index (κ3) is 5.25. The standard InChI is InChI=1S/C16H23BrN2O/c17-15-8-6-14(7-9-15)16(20)18-10-5-13-19-11-3-1-2-4-12-19/h6-9H,1-5,10-13H2,(H,18,20). The van der Waals surface area contributed by atoms with Crippen LogP contribution in [0.25, 0.3) is 0 Å². The van der Waals surface area contributed by atoms with Gasteiger partial charge in [-0.05, 0) is 63.2 Å². The first-order chi connectivity index (χ1) is 9.75. The lowest BCUT2D eigenvalue weighted by Crippen LogP contribution is -2.30. The van der Waals surface area contributed by atoms with Gasteiger partial charge < -0.3 is 10.2 Å². The normalized spacial score (nSPS) is 16.6. The monoisotopic (exact) mass is 338 g/mol. The fraction of sp³-hybridized carbons (Fsp3) is 0.562. The molecule has 2 rings (SSSR count). The van der Waals surface area contributed by atoms with Gasteiger partial charge in [-0.1, -0.05) is 28.8 Å². The van der Waals surface area contributed by atoms with Gasteiger partial charge in [0.25, 0.3) is 5.91 Å². The van der Waals surface area contributed by atoms with E-state index in [9.17, 15) is 4.79 Å². The van der Waals surface area contributed by atoms with Gasteiger partial charge in [-0.15, -0.1) is 0 Å². The van der Waals surface area contributed by atoms with Crippen LogP contribution in [0.2, 0.25) is 0 Å². The lowest BCUT2D eigenvalue weighted by Gasteiger charge is -2.19. The van der Waals surface area contributed by atoms with Crippen LogP contribution in [-0.2, 0) is 0 Å². The Morgan fingerprint density at radius 2 is 1.75 bits per heavy atom. The Hall–Kier alpha value is -0.870. The van der Waals surface area contributed by atoms with Gasteiger partial charge in [-0.25, -0.2) is 0 Å². The first-order valence-electron chi connectivity index (χ1n) is 7.52. The summed E-state index contributed by atoms with van der Waals surface area (Å²) in [5, 5.41) is 2.99. The summed E-state index contributed by atoms with van der Waals surface area (Å²) in [4.78, 5) is 14.4. The quantitative estimate of drug-likeness (QED) is 0.834. The summed E-state index contributed by atoms with van der Waals surface area (Å²) in [7, 11) is 0. The molecule has 0 unspecified atom stereocenters. The molecule has 0 spiro atoms. The number of hydrogen-bond donors (Lipinski definition) is 1. The molecule has 1 amide bonds. The minimum atomic E-state index is 0.0216. The van der Waals surface area contributed by atoms with E-state index in [0.717, 1.165) is 29.5 Å². The predicted octanol–water partition coefficient (Wildman–Crippen LogP) is 3.45. The van der Waals surface area contributed by atoms with Crippen LogP contribution in [0.4, 0.5) is 0 Å². The number of halogens is 1. The molecule has 110 valence electrons. The van der Waals surface area contributed by atoms with Crippen molar-refractivity contribution >= 4 is 21.8 Å². The second kappa shape index (κ2) is 8.42. The highest BCUT2D eigenvalue weighted by atomic mass is 79.9. The lowest BCUT2D eigenvalue weighted by atomic mass is 10.2. The Bertz CT molecular complexity index is 411. The molecule has 0 bridgehead atoms. The minimum Gasteiger partial charge on any atom is -0.352 e. The number of nitrogens with zero attached hydrogens (tertiary/aromatic N) is 1. The highest BCUT2D eigenvalue weighted by Crippen LogP contribution is 2.11. The van der Waals surface area contributed by atoms with Gasteiger partial charge in [-0.3, -0.25) is 4.79 Å². The van der Waals surface area contributed by atoms with Crippen molar-refractivity contribution in [1.82, 2.24) is 10.2 Å². The molecule has 1 aromatic rings. The number of nitrogens with one attached hydrogen (secondary N) is 1. The first-order valence-corrected chi connectivity index (χ1v) is 8.31. The molecule has 1 heterocycles. The molecular weight excluding hydrogens is 316 g/mol. The van der Waals surface area contributed by atoms with Crippen LogP contribution in [0, 0.1) is 0 Å². The predicted molar refractivity (Wildman–Crippen MR) is 86.0 cm³/mol. The molecule has 0 aliphatic carbocycles. The van der Waals surface area contributed by atoms with Crippen LogP contribution in [0.5, 0.6) is 0 Å². The van der Waals surface area contributed by atoms with Gasteiger partial charge in [0.15, 0.2) is 0 Å². The van der Waals surface area contributed by atoms with E-state index in [2.05, 4.69) is 26.1 Å². The molecule has 0 aromatic heterocycles. The number of benzene rings is 1. The highest BCUT2D eigenvalue weighted by molar-refractivity contribution is 9.10. The summed E-state index contributed by atoms with van der Waals surface area (Å²) in [5.74, 6) is 0.0216. The van der Waals surface area contributed by atoms with Crippen LogP contribution in [0.1, 0.15) is 42.5 Å². The molecule has 1 aliphatic rings. The van der Waals surface area contributed by atoms with E-state index in [-0.39, 0.29) is 5.91 Å². The van der Waals surface area contributed by atoms with Crippen molar-refractivity contribution in [3.63, 3.8) is 0 Å². The summed E-state index contributed by atoms with van der Waals surface area (Å²) in [6, 6.07) is 7.47. The maximum atomic E-state index is 11.9. The van der Waals surface area contributed by atoms with Crippen LogP contribution in [0.3, 0.4) is 0 Å². The largest absolute Gasteiger partial charge is 0.352 e. The molecule has 0 saturated carbocycles. The van der Waals surface area contributed by atoms with Crippen molar-refractivity contribution in [3.05, 3.63) is 34.3 Å². The Balaban J connectivity index is 1.65. The van der Waals surface area contributed by atoms with Crippen molar-refractivity contribution in [3.8, 4) is 0 Å². The highest BCUT2D eigenvalue weighted by Gasteiger charge is 2.09. The molecule has 4 heteroatoms. The smallest absolute Gasteiger partial charge is 0.251 e. The maximum Gasteiger partial charge on any atom is 0.251 e. The van der Waals surface area contributed by atoms with E-state index in [1.807, 2.05) is 24.3 Å². The number of rotatable bonds is 5. The molecule has 3 nitrogen and oxygen atoms in total. The number of carbonyl (C=O) groups is 1. The molecule has 1 aromatic carbocycles. The second-order valence-electron chi connectivity index (χ2n) is 5.37. The van der Waals surface area contributed by atoms with E-state index in [1.165, 1.54) is 38.8 Å². The van der Waals surface area contributed by atoms with Crippen molar-refractivity contribution < 1.29 is 4.79 Å². The fourth-order valence-corrected chi connectivity index (χ4v) is 2.83. The average molecular weight is 339 g/mol.